The molecule has 1 aromatic rings. The maximum Gasteiger partial charge on any atom is 0.246 e. The predicted molar refractivity (Wildman–Crippen MR) is 78.2 cm³/mol. The lowest BCUT2D eigenvalue weighted by atomic mass is 10.00. The van der Waals surface area contributed by atoms with Crippen molar-refractivity contribution in [2.75, 3.05) is 6.54 Å². The number of carbonyl (C=O) groups excluding carboxylic acids is 1. The van der Waals surface area contributed by atoms with Crippen LogP contribution in [0.1, 0.15) is 64.6 Å². The van der Waals surface area contributed by atoms with Gasteiger partial charge in [0.2, 0.25) is 5.91 Å². The molecule has 0 radical (unpaired) electrons. The van der Waals surface area contributed by atoms with Gasteiger partial charge < -0.3 is 9.47 Å². The molecule has 0 fully saturated rings. The monoisotopic (exact) mass is 278 g/mol. The SMILES string of the molecule is CCCCc1nnc2n1[C@@H](CC(C)C)C(=O)N(CC)C2. The van der Waals surface area contributed by atoms with Crippen molar-refractivity contribution in [3.63, 3.8) is 0 Å². The van der Waals surface area contributed by atoms with Gasteiger partial charge in [0.05, 0.1) is 6.54 Å². The van der Waals surface area contributed by atoms with Gasteiger partial charge in [-0.1, -0.05) is 27.2 Å². The van der Waals surface area contributed by atoms with Crippen molar-refractivity contribution in [3.05, 3.63) is 11.6 Å². The fourth-order valence-corrected chi connectivity index (χ4v) is 2.82. The third-order valence-corrected chi connectivity index (χ3v) is 3.91. The average Bonchev–Trinajstić information content (AvgIpc) is 2.81. The van der Waals surface area contributed by atoms with Crippen LogP contribution in [0.15, 0.2) is 0 Å². The average molecular weight is 278 g/mol. The Labute approximate surface area is 121 Å². The summed E-state index contributed by atoms with van der Waals surface area (Å²) in [5, 5.41) is 8.65. The second-order valence-electron chi connectivity index (χ2n) is 6.00. The number of aryl methyl sites for hydroxylation is 1. The third-order valence-electron chi connectivity index (χ3n) is 3.91. The summed E-state index contributed by atoms with van der Waals surface area (Å²) in [6, 6.07) is -0.111. The number of nitrogens with zero attached hydrogens (tertiary/aromatic N) is 4. The molecule has 112 valence electrons. The Morgan fingerprint density at radius 3 is 2.65 bits per heavy atom. The molecule has 0 bridgehead atoms. The van der Waals surface area contributed by atoms with Crippen LogP contribution in [0.3, 0.4) is 0 Å². The molecule has 5 heteroatoms. The van der Waals surface area contributed by atoms with Crippen molar-refractivity contribution in [3.8, 4) is 0 Å². The summed E-state index contributed by atoms with van der Waals surface area (Å²) in [5.41, 5.74) is 0. The minimum absolute atomic E-state index is 0.111. The predicted octanol–water partition coefficient (Wildman–Crippen LogP) is 2.57. The van der Waals surface area contributed by atoms with Gasteiger partial charge in [-0.05, 0) is 25.7 Å². The van der Waals surface area contributed by atoms with Gasteiger partial charge in [-0.3, -0.25) is 4.79 Å². The van der Waals surface area contributed by atoms with Crippen molar-refractivity contribution in [1.29, 1.82) is 0 Å². The molecule has 0 N–H and O–H groups in total. The normalized spacial score (nSPS) is 18.8. The lowest BCUT2D eigenvalue weighted by Crippen LogP contribution is -2.43. The molecule has 0 unspecified atom stereocenters. The number of amides is 1. The second kappa shape index (κ2) is 6.37. The highest BCUT2D eigenvalue weighted by Gasteiger charge is 2.35. The van der Waals surface area contributed by atoms with E-state index < -0.39 is 0 Å². The fourth-order valence-electron chi connectivity index (χ4n) is 2.82. The molecule has 1 amide bonds. The molecule has 2 heterocycles. The lowest BCUT2D eigenvalue weighted by molar-refractivity contribution is -0.137. The van der Waals surface area contributed by atoms with E-state index in [4.69, 9.17) is 0 Å². The molecule has 1 aliphatic rings. The summed E-state index contributed by atoms with van der Waals surface area (Å²) in [6.45, 7) is 9.85. The first-order chi connectivity index (χ1) is 9.58. The lowest BCUT2D eigenvalue weighted by Gasteiger charge is -2.34. The highest BCUT2D eigenvalue weighted by molar-refractivity contribution is 5.81. The zero-order valence-electron chi connectivity index (χ0n) is 13.1. The number of aromatic nitrogens is 3. The van der Waals surface area contributed by atoms with Crippen LogP contribution >= 0.6 is 0 Å². The van der Waals surface area contributed by atoms with Crippen molar-refractivity contribution in [1.82, 2.24) is 19.7 Å². The van der Waals surface area contributed by atoms with Gasteiger partial charge >= 0.3 is 0 Å². The molecule has 1 aliphatic heterocycles. The van der Waals surface area contributed by atoms with E-state index in [9.17, 15) is 4.79 Å². The van der Waals surface area contributed by atoms with E-state index in [1.807, 2.05) is 11.8 Å². The minimum atomic E-state index is -0.111. The summed E-state index contributed by atoms with van der Waals surface area (Å²) in [5.74, 6) is 2.64. The summed E-state index contributed by atoms with van der Waals surface area (Å²) in [7, 11) is 0. The molecule has 1 atom stereocenters. The van der Waals surface area contributed by atoms with Crippen LogP contribution in [0.2, 0.25) is 0 Å². The Morgan fingerprint density at radius 1 is 1.30 bits per heavy atom. The van der Waals surface area contributed by atoms with Crippen molar-refractivity contribution in [2.45, 2.75) is 66.0 Å². The first-order valence-electron chi connectivity index (χ1n) is 7.79. The summed E-state index contributed by atoms with van der Waals surface area (Å²) in [6.07, 6.45) is 4.00. The largest absolute Gasteiger partial charge is 0.334 e. The van der Waals surface area contributed by atoms with Gasteiger partial charge in [0.1, 0.15) is 11.9 Å². The Kier molecular flexibility index (Phi) is 4.78. The first-order valence-corrected chi connectivity index (χ1v) is 7.79. The number of hydrogen-bond acceptors (Lipinski definition) is 3. The topological polar surface area (TPSA) is 51.0 Å². The number of unbranched alkanes of at least 4 members (excludes halogenated alkanes) is 1. The van der Waals surface area contributed by atoms with Crippen LogP contribution in [0.25, 0.3) is 0 Å². The molecule has 5 nitrogen and oxygen atoms in total. The van der Waals surface area contributed by atoms with E-state index in [0.717, 1.165) is 43.9 Å². The molecule has 0 aliphatic carbocycles. The van der Waals surface area contributed by atoms with Crippen molar-refractivity contribution >= 4 is 5.91 Å². The fraction of sp³-hybridized carbons (Fsp3) is 0.800. The molecule has 0 saturated heterocycles. The number of likely N-dealkylation sites (N-methyl/N-ethyl adjacent to an activating group) is 1. The maximum atomic E-state index is 12.6. The zero-order chi connectivity index (χ0) is 14.7. The van der Waals surface area contributed by atoms with Crippen LogP contribution in [0, 0.1) is 5.92 Å². The van der Waals surface area contributed by atoms with E-state index in [2.05, 4.69) is 35.5 Å². The van der Waals surface area contributed by atoms with Crippen LogP contribution in [0.4, 0.5) is 0 Å². The third kappa shape index (κ3) is 2.86. The molecular weight excluding hydrogens is 252 g/mol. The molecule has 20 heavy (non-hydrogen) atoms. The van der Waals surface area contributed by atoms with Gasteiger partial charge in [-0.15, -0.1) is 10.2 Å². The van der Waals surface area contributed by atoms with Crippen LogP contribution in [-0.2, 0) is 17.8 Å². The number of carbonyl (C=O) groups is 1. The molecule has 0 aromatic carbocycles. The molecule has 2 rings (SSSR count). The summed E-state index contributed by atoms with van der Waals surface area (Å²) < 4.78 is 2.12. The maximum absolute atomic E-state index is 12.6. The zero-order valence-corrected chi connectivity index (χ0v) is 13.1. The van der Waals surface area contributed by atoms with Gasteiger partial charge in [0, 0.05) is 13.0 Å². The van der Waals surface area contributed by atoms with E-state index in [0.29, 0.717) is 12.5 Å². The first kappa shape index (κ1) is 15.0. The number of fused-ring (bicyclic) bond motifs is 1. The van der Waals surface area contributed by atoms with E-state index in [-0.39, 0.29) is 11.9 Å². The van der Waals surface area contributed by atoms with Crippen LogP contribution < -0.4 is 0 Å². The molecule has 0 spiro atoms. The van der Waals surface area contributed by atoms with Crippen LogP contribution in [-0.4, -0.2) is 32.1 Å². The Bertz CT molecular complexity index is 453. The summed E-state index contributed by atoms with van der Waals surface area (Å²) in [4.78, 5) is 14.5. The van der Waals surface area contributed by atoms with Crippen LogP contribution in [0.5, 0.6) is 0 Å². The highest BCUT2D eigenvalue weighted by atomic mass is 16.2. The minimum Gasteiger partial charge on any atom is -0.334 e. The number of hydrogen-bond donors (Lipinski definition) is 0. The quantitative estimate of drug-likeness (QED) is 0.803. The molecule has 0 saturated carbocycles. The van der Waals surface area contributed by atoms with Gasteiger partial charge in [0.25, 0.3) is 0 Å². The standard InChI is InChI=1S/C15H26N4O/c1-5-7-8-13-16-17-14-10-18(6-2)15(20)12(19(13)14)9-11(3)4/h11-12H,5-10H2,1-4H3/t12-/m0/s1. The summed E-state index contributed by atoms with van der Waals surface area (Å²) >= 11 is 0. The van der Waals surface area contributed by atoms with E-state index >= 15 is 0 Å². The Hall–Kier alpha value is -1.39. The molecular formula is C15H26N4O. The van der Waals surface area contributed by atoms with Crippen molar-refractivity contribution in [2.24, 2.45) is 5.92 Å². The highest BCUT2D eigenvalue weighted by Crippen LogP contribution is 2.28. The Balaban J connectivity index is 2.34. The second-order valence-corrected chi connectivity index (χ2v) is 6.00. The van der Waals surface area contributed by atoms with Gasteiger partial charge in [-0.2, -0.15) is 0 Å². The van der Waals surface area contributed by atoms with Crippen molar-refractivity contribution < 1.29 is 4.79 Å². The number of rotatable bonds is 6. The smallest absolute Gasteiger partial charge is 0.246 e. The Morgan fingerprint density at radius 2 is 2.05 bits per heavy atom. The van der Waals surface area contributed by atoms with E-state index in [1.165, 1.54) is 0 Å². The van der Waals surface area contributed by atoms with Gasteiger partial charge in [0.15, 0.2) is 5.82 Å². The van der Waals surface area contributed by atoms with E-state index in [1.54, 1.807) is 0 Å². The molecule has 1 aromatic heterocycles. The van der Waals surface area contributed by atoms with Gasteiger partial charge in [-0.25, -0.2) is 0 Å².